The summed E-state index contributed by atoms with van der Waals surface area (Å²) < 4.78 is 27.7. The maximum atomic E-state index is 13.3. The average molecular weight is 394 g/mol. The lowest BCUT2D eigenvalue weighted by Gasteiger charge is -2.35. The zero-order valence-electron chi connectivity index (χ0n) is 15.5. The van der Waals surface area contributed by atoms with Crippen molar-refractivity contribution in [2.45, 2.75) is 45.0 Å². The highest BCUT2D eigenvalue weighted by Crippen LogP contribution is 2.34. The number of thiophene rings is 1. The molecule has 0 saturated carbocycles. The summed E-state index contributed by atoms with van der Waals surface area (Å²) in [4.78, 5) is 25.2. The van der Waals surface area contributed by atoms with Gasteiger partial charge in [0.25, 0.3) is 5.92 Å². The van der Waals surface area contributed by atoms with Crippen molar-refractivity contribution in [2.75, 3.05) is 31.1 Å². The molecular weight excluding hydrogens is 370 g/mol. The first kappa shape index (κ1) is 18.5. The van der Waals surface area contributed by atoms with Crippen molar-refractivity contribution in [3.63, 3.8) is 0 Å². The SMILES string of the molecule is Cc1csc2c(N3CCC(CC(=O)N4CCC(F)(F)CC4)CC3)ncnc12. The molecule has 146 valence electrons. The quantitative estimate of drug-likeness (QED) is 0.793. The lowest BCUT2D eigenvalue weighted by Crippen LogP contribution is -2.44. The number of carbonyl (C=O) groups is 1. The minimum atomic E-state index is -2.61. The van der Waals surface area contributed by atoms with Gasteiger partial charge in [0.15, 0.2) is 0 Å². The van der Waals surface area contributed by atoms with E-state index in [1.165, 1.54) is 5.56 Å². The third-order valence-electron chi connectivity index (χ3n) is 5.74. The molecule has 5 nitrogen and oxygen atoms in total. The number of likely N-dealkylation sites (tertiary alicyclic amines) is 1. The maximum Gasteiger partial charge on any atom is 0.251 e. The summed E-state index contributed by atoms with van der Waals surface area (Å²) in [6.45, 7) is 4.14. The topological polar surface area (TPSA) is 49.3 Å². The molecule has 0 spiro atoms. The number of hydrogen-bond acceptors (Lipinski definition) is 5. The van der Waals surface area contributed by atoms with E-state index < -0.39 is 5.92 Å². The van der Waals surface area contributed by atoms with Crippen molar-refractivity contribution in [3.8, 4) is 0 Å². The molecule has 0 atom stereocenters. The van der Waals surface area contributed by atoms with Gasteiger partial charge in [0.1, 0.15) is 12.1 Å². The third-order valence-corrected chi connectivity index (χ3v) is 6.82. The highest BCUT2D eigenvalue weighted by atomic mass is 32.1. The van der Waals surface area contributed by atoms with Gasteiger partial charge in [-0.2, -0.15) is 0 Å². The number of aromatic nitrogens is 2. The predicted molar refractivity (Wildman–Crippen MR) is 102 cm³/mol. The summed E-state index contributed by atoms with van der Waals surface area (Å²) in [6, 6.07) is 0. The van der Waals surface area contributed by atoms with Crippen LogP contribution in [0.4, 0.5) is 14.6 Å². The largest absolute Gasteiger partial charge is 0.355 e. The van der Waals surface area contributed by atoms with Gasteiger partial charge in [0, 0.05) is 45.4 Å². The number of piperidine rings is 2. The standard InChI is InChI=1S/C19H24F2N4OS/c1-13-11-27-17-16(13)22-12-23-18(17)25-6-2-14(3-7-25)10-15(26)24-8-4-19(20,21)5-9-24/h11-12,14H,2-10H2,1H3. The number of alkyl halides is 2. The Morgan fingerprint density at radius 1 is 1.22 bits per heavy atom. The van der Waals surface area contributed by atoms with Crippen LogP contribution in [0.15, 0.2) is 11.7 Å². The molecule has 27 heavy (non-hydrogen) atoms. The van der Waals surface area contributed by atoms with E-state index in [1.54, 1.807) is 22.6 Å². The first-order chi connectivity index (χ1) is 12.9. The normalized spacial score (nSPS) is 21.0. The third kappa shape index (κ3) is 3.90. The number of fused-ring (bicyclic) bond motifs is 1. The van der Waals surface area contributed by atoms with Crippen molar-refractivity contribution in [1.82, 2.24) is 14.9 Å². The van der Waals surface area contributed by atoms with Gasteiger partial charge in [0.2, 0.25) is 5.91 Å². The lowest BCUT2D eigenvalue weighted by molar-refractivity contribution is -0.138. The zero-order valence-corrected chi connectivity index (χ0v) is 16.3. The Kier molecular flexibility index (Phi) is 5.01. The molecule has 2 fully saturated rings. The second kappa shape index (κ2) is 7.30. The van der Waals surface area contributed by atoms with Crippen LogP contribution < -0.4 is 4.90 Å². The van der Waals surface area contributed by atoms with E-state index in [2.05, 4.69) is 27.2 Å². The summed E-state index contributed by atoms with van der Waals surface area (Å²) >= 11 is 1.68. The number of hydrogen-bond donors (Lipinski definition) is 0. The number of nitrogens with zero attached hydrogens (tertiary/aromatic N) is 4. The van der Waals surface area contributed by atoms with Gasteiger partial charge < -0.3 is 9.80 Å². The van der Waals surface area contributed by atoms with Crippen LogP contribution in [-0.4, -0.2) is 52.9 Å². The molecule has 8 heteroatoms. The molecule has 0 radical (unpaired) electrons. The second-order valence-electron chi connectivity index (χ2n) is 7.67. The molecule has 0 aliphatic carbocycles. The number of rotatable bonds is 3. The van der Waals surface area contributed by atoms with Crippen molar-refractivity contribution in [2.24, 2.45) is 5.92 Å². The fourth-order valence-electron chi connectivity index (χ4n) is 3.99. The smallest absolute Gasteiger partial charge is 0.251 e. The van der Waals surface area contributed by atoms with Crippen LogP contribution in [0, 0.1) is 12.8 Å². The summed E-state index contributed by atoms with van der Waals surface area (Å²) in [5.41, 5.74) is 2.19. The minimum absolute atomic E-state index is 0.0299. The van der Waals surface area contributed by atoms with Crippen molar-refractivity contribution >= 4 is 33.3 Å². The zero-order chi connectivity index (χ0) is 19.0. The molecule has 0 aromatic carbocycles. The molecule has 1 amide bonds. The summed E-state index contributed by atoms with van der Waals surface area (Å²) in [6.07, 6.45) is 3.52. The Morgan fingerprint density at radius 2 is 1.93 bits per heavy atom. The Bertz CT molecular complexity index is 822. The van der Waals surface area contributed by atoms with Crippen LogP contribution >= 0.6 is 11.3 Å². The van der Waals surface area contributed by atoms with E-state index in [-0.39, 0.29) is 31.8 Å². The molecule has 4 heterocycles. The van der Waals surface area contributed by atoms with Crippen LogP contribution in [0.5, 0.6) is 0 Å². The minimum Gasteiger partial charge on any atom is -0.355 e. The fraction of sp³-hybridized carbons (Fsp3) is 0.632. The number of aryl methyl sites for hydroxylation is 1. The van der Waals surface area contributed by atoms with E-state index in [4.69, 9.17) is 0 Å². The van der Waals surface area contributed by atoms with E-state index in [9.17, 15) is 13.6 Å². The first-order valence-electron chi connectivity index (χ1n) is 9.52. The van der Waals surface area contributed by atoms with Crippen LogP contribution in [0.1, 0.15) is 37.7 Å². The number of halogens is 2. The average Bonchev–Trinajstić information content (AvgIpc) is 3.04. The second-order valence-corrected chi connectivity index (χ2v) is 8.54. The molecule has 0 N–H and O–H groups in total. The van der Waals surface area contributed by atoms with Gasteiger partial charge in [-0.05, 0) is 36.6 Å². The van der Waals surface area contributed by atoms with E-state index in [0.29, 0.717) is 12.3 Å². The van der Waals surface area contributed by atoms with Crippen LogP contribution in [0.25, 0.3) is 10.2 Å². The Labute approximate surface area is 161 Å². The van der Waals surface area contributed by atoms with Gasteiger partial charge in [-0.25, -0.2) is 18.7 Å². The van der Waals surface area contributed by atoms with Crippen molar-refractivity contribution in [3.05, 3.63) is 17.3 Å². The maximum absolute atomic E-state index is 13.3. The van der Waals surface area contributed by atoms with Gasteiger partial charge >= 0.3 is 0 Å². The fourth-order valence-corrected chi connectivity index (χ4v) is 5.01. The van der Waals surface area contributed by atoms with Crippen molar-refractivity contribution in [1.29, 1.82) is 0 Å². The summed E-state index contributed by atoms with van der Waals surface area (Å²) in [7, 11) is 0. The lowest BCUT2D eigenvalue weighted by atomic mass is 9.92. The molecular formula is C19H24F2N4OS. The summed E-state index contributed by atoms with van der Waals surface area (Å²) in [5.74, 6) is -1.27. The number of carbonyl (C=O) groups excluding carboxylic acids is 1. The first-order valence-corrected chi connectivity index (χ1v) is 10.4. The number of anilines is 1. The predicted octanol–water partition coefficient (Wildman–Crippen LogP) is 3.86. The van der Waals surface area contributed by atoms with Crippen LogP contribution in [-0.2, 0) is 4.79 Å². The molecule has 0 bridgehead atoms. The van der Waals surface area contributed by atoms with Crippen LogP contribution in [0.2, 0.25) is 0 Å². The van der Waals surface area contributed by atoms with E-state index >= 15 is 0 Å². The Balaban J connectivity index is 1.33. The molecule has 0 unspecified atom stereocenters. The van der Waals surface area contributed by atoms with Gasteiger partial charge in [-0.1, -0.05) is 0 Å². The van der Waals surface area contributed by atoms with E-state index in [0.717, 1.165) is 42.0 Å². The highest BCUT2D eigenvalue weighted by Gasteiger charge is 2.36. The van der Waals surface area contributed by atoms with Crippen molar-refractivity contribution < 1.29 is 13.6 Å². The van der Waals surface area contributed by atoms with Crippen LogP contribution in [0.3, 0.4) is 0 Å². The molecule has 2 saturated heterocycles. The molecule has 2 aromatic heterocycles. The molecule has 2 aliphatic rings. The highest BCUT2D eigenvalue weighted by molar-refractivity contribution is 7.18. The molecule has 4 rings (SSSR count). The van der Waals surface area contributed by atoms with Gasteiger partial charge in [-0.15, -0.1) is 11.3 Å². The van der Waals surface area contributed by atoms with Gasteiger partial charge in [0.05, 0.1) is 10.2 Å². The van der Waals surface area contributed by atoms with Gasteiger partial charge in [-0.3, -0.25) is 4.79 Å². The molecule has 2 aliphatic heterocycles. The number of amides is 1. The summed E-state index contributed by atoms with van der Waals surface area (Å²) in [5, 5.41) is 2.11. The Hall–Kier alpha value is -1.83. The monoisotopic (exact) mass is 394 g/mol. The Morgan fingerprint density at radius 3 is 2.63 bits per heavy atom. The molecule has 2 aromatic rings. The van der Waals surface area contributed by atoms with E-state index in [1.807, 2.05) is 0 Å².